The summed E-state index contributed by atoms with van der Waals surface area (Å²) < 4.78 is 3.99. The topological polar surface area (TPSA) is 94.8 Å². The van der Waals surface area contributed by atoms with Crippen molar-refractivity contribution < 1.29 is 4.58 Å². The molecule has 0 aromatic carbocycles. The van der Waals surface area contributed by atoms with Crippen molar-refractivity contribution in [1.29, 1.82) is 5.26 Å². The van der Waals surface area contributed by atoms with Gasteiger partial charge in [-0.3, -0.25) is 4.98 Å². The lowest BCUT2D eigenvalue weighted by Crippen LogP contribution is -2.26. The van der Waals surface area contributed by atoms with Crippen LogP contribution in [0.25, 0.3) is 27.5 Å². The summed E-state index contributed by atoms with van der Waals surface area (Å²) >= 11 is 1.52. The molecule has 174 valence electrons. The first-order valence-corrected chi connectivity index (χ1v) is 12.2. The molecule has 9 heteroatoms. The third-order valence-corrected chi connectivity index (χ3v) is 7.18. The van der Waals surface area contributed by atoms with Gasteiger partial charge in [0.2, 0.25) is 0 Å². The molecular weight excluding hydrogens is 456 g/mol. The highest BCUT2D eigenvalue weighted by molar-refractivity contribution is 7.17. The molecule has 0 saturated heterocycles. The van der Waals surface area contributed by atoms with Gasteiger partial charge in [-0.15, -0.1) is 6.42 Å². The lowest BCUT2D eigenvalue weighted by atomic mass is 9.84. The molecule has 8 nitrogen and oxygen atoms in total. The van der Waals surface area contributed by atoms with Crippen molar-refractivity contribution >= 4 is 33.9 Å². The number of nitrogens with zero attached hydrogens (tertiary/aromatic N) is 7. The maximum atomic E-state index is 9.42. The fourth-order valence-corrected chi connectivity index (χ4v) is 4.90. The van der Waals surface area contributed by atoms with Crippen molar-refractivity contribution in [1.82, 2.24) is 24.8 Å². The van der Waals surface area contributed by atoms with Gasteiger partial charge >= 0.3 is 5.13 Å². The molecule has 4 aromatic heterocycles. The Morgan fingerprint density at radius 2 is 2.11 bits per heavy atom. The van der Waals surface area contributed by atoms with E-state index in [1.807, 2.05) is 31.2 Å². The summed E-state index contributed by atoms with van der Waals surface area (Å²) in [5, 5.41) is 27.7. The number of aromatic nitrogens is 5. The minimum atomic E-state index is -0.394. The maximum absolute atomic E-state index is 9.42. The second-order valence-electron chi connectivity index (χ2n) is 9.44. The third-order valence-electron chi connectivity index (χ3n) is 6.18. The monoisotopic (exact) mass is 481 g/mol. The number of nitriles is 1. The molecule has 1 N–H and O–H groups in total. The molecule has 0 aliphatic carbocycles. The van der Waals surface area contributed by atoms with Crippen LogP contribution in [0.1, 0.15) is 39.2 Å². The lowest BCUT2D eigenvalue weighted by molar-refractivity contribution is -0.446. The quantitative estimate of drug-likeness (QED) is 0.326. The van der Waals surface area contributed by atoms with Gasteiger partial charge < -0.3 is 5.32 Å². The zero-order chi connectivity index (χ0) is 24.6. The van der Waals surface area contributed by atoms with Crippen LogP contribution in [0.4, 0.5) is 10.8 Å². The minimum absolute atomic E-state index is 0.314. The van der Waals surface area contributed by atoms with Gasteiger partial charge in [-0.25, -0.2) is 9.09 Å². The summed E-state index contributed by atoms with van der Waals surface area (Å²) in [7, 11) is 0. The number of fused-ring (bicyclic) bond motifs is 1. The van der Waals surface area contributed by atoms with Crippen LogP contribution in [0.15, 0.2) is 36.7 Å². The first kappa shape index (κ1) is 22.7. The largest absolute Gasteiger partial charge is 0.410 e. The Morgan fingerprint density at radius 1 is 1.26 bits per heavy atom. The molecular formula is C26H25N8S+. The second-order valence-corrected chi connectivity index (χ2v) is 10.4. The Kier molecular flexibility index (Phi) is 5.80. The van der Waals surface area contributed by atoms with Gasteiger partial charge in [-0.05, 0) is 59.5 Å². The molecule has 0 bridgehead atoms. The van der Waals surface area contributed by atoms with Crippen molar-refractivity contribution in [2.24, 2.45) is 5.41 Å². The van der Waals surface area contributed by atoms with E-state index in [-0.39, 0.29) is 0 Å². The van der Waals surface area contributed by atoms with Crippen molar-refractivity contribution in [3.8, 4) is 40.4 Å². The number of pyridine rings is 1. The number of terminal acetylenes is 1. The lowest BCUT2D eigenvalue weighted by Gasteiger charge is -2.25. The predicted octanol–water partition coefficient (Wildman–Crippen LogP) is 4.75. The van der Waals surface area contributed by atoms with Crippen molar-refractivity contribution in [2.75, 3.05) is 11.9 Å². The highest BCUT2D eigenvalue weighted by Crippen LogP contribution is 2.36. The molecule has 35 heavy (non-hydrogen) atoms. The molecule has 1 atom stereocenters. The van der Waals surface area contributed by atoms with E-state index in [0.29, 0.717) is 5.41 Å². The first-order chi connectivity index (χ1) is 16.9. The third kappa shape index (κ3) is 4.51. The molecule has 4 aromatic rings. The Hall–Kier alpha value is -4.08. The van der Waals surface area contributed by atoms with Crippen LogP contribution in [-0.2, 0) is 0 Å². The molecule has 5 heterocycles. The predicted molar refractivity (Wildman–Crippen MR) is 138 cm³/mol. The molecule has 1 aliphatic rings. The van der Waals surface area contributed by atoms with E-state index in [2.05, 4.69) is 57.2 Å². The number of hydrogen-bond acceptors (Lipinski definition) is 7. The molecule has 5 rings (SSSR count). The summed E-state index contributed by atoms with van der Waals surface area (Å²) in [6.45, 7) is 7.30. The van der Waals surface area contributed by atoms with E-state index in [1.54, 1.807) is 16.9 Å². The minimum Gasteiger partial charge on any atom is -0.369 e. The normalized spacial score (nSPS) is 15.7. The van der Waals surface area contributed by atoms with Crippen LogP contribution in [0, 0.1) is 29.1 Å². The van der Waals surface area contributed by atoms with E-state index in [4.69, 9.17) is 11.4 Å². The van der Waals surface area contributed by atoms with Gasteiger partial charge in [0.15, 0.2) is 5.01 Å². The van der Waals surface area contributed by atoms with Gasteiger partial charge in [0.1, 0.15) is 6.04 Å². The van der Waals surface area contributed by atoms with Gasteiger partial charge in [0.25, 0.3) is 0 Å². The smallest absolute Gasteiger partial charge is 0.369 e. The van der Waals surface area contributed by atoms with Crippen molar-refractivity contribution in [3.05, 3.63) is 42.2 Å². The van der Waals surface area contributed by atoms with Gasteiger partial charge in [0.05, 0.1) is 52.6 Å². The van der Waals surface area contributed by atoms with Crippen LogP contribution in [-0.4, -0.2) is 48.2 Å². The Bertz CT molecular complexity index is 1530. The Balaban J connectivity index is 1.53. The van der Waals surface area contributed by atoms with E-state index in [9.17, 15) is 5.26 Å². The van der Waals surface area contributed by atoms with Gasteiger partial charge in [0, 0.05) is 23.9 Å². The van der Waals surface area contributed by atoms with E-state index in [0.717, 1.165) is 63.2 Å². The van der Waals surface area contributed by atoms with Crippen molar-refractivity contribution in [2.45, 2.75) is 39.7 Å². The fourth-order valence-electron chi connectivity index (χ4n) is 4.01. The highest BCUT2D eigenvalue weighted by Gasteiger charge is 2.28. The van der Waals surface area contributed by atoms with E-state index >= 15 is 0 Å². The number of nitrogens with one attached hydrogen (secondary N) is 1. The average molecular weight is 482 g/mol. The van der Waals surface area contributed by atoms with Crippen LogP contribution in [0.5, 0.6) is 0 Å². The molecule has 0 spiro atoms. The molecule has 1 aliphatic heterocycles. The Morgan fingerprint density at radius 3 is 2.86 bits per heavy atom. The highest BCUT2D eigenvalue weighted by atomic mass is 32.1. The molecule has 0 radical (unpaired) electrons. The molecule has 0 saturated carbocycles. The van der Waals surface area contributed by atoms with Crippen LogP contribution < -0.4 is 5.32 Å². The Labute approximate surface area is 208 Å². The van der Waals surface area contributed by atoms with Crippen LogP contribution >= 0.6 is 11.3 Å². The molecule has 0 unspecified atom stereocenters. The fraction of sp³-hybridized carbons (Fsp3) is 0.308. The summed E-state index contributed by atoms with van der Waals surface area (Å²) in [5.41, 5.74) is 5.04. The summed E-state index contributed by atoms with van der Waals surface area (Å²) in [6, 6.07) is 9.59. The summed E-state index contributed by atoms with van der Waals surface area (Å²) in [5.74, 6) is 2.61. The second kappa shape index (κ2) is 8.94. The zero-order valence-corrected chi connectivity index (χ0v) is 20.7. The number of anilines is 1. The summed E-state index contributed by atoms with van der Waals surface area (Å²) in [6.07, 6.45) is 13.3. The van der Waals surface area contributed by atoms with Crippen molar-refractivity contribution in [3.63, 3.8) is 0 Å². The zero-order valence-electron chi connectivity index (χ0n) is 19.9. The molecule has 0 amide bonds. The van der Waals surface area contributed by atoms with E-state index in [1.165, 1.54) is 11.3 Å². The number of rotatable bonds is 5. The van der Waals surface area contributed by atoms with E-state index < -0.39 is 6.04 Å². The SMILES string of the molecule is C#Cc1cnn2c(-c3cc(N[C@@H](C)C#N)c(-c4nnc([N+]5=CCC(C)(C)CC5)s4)cn3)ccc2c1. The number of hydrogen-bond donors (Lipinski definition) is 1. The first-order valence-electron chi connectivity index (χ1n) is 11.4. The van der Waals surface area contributed by atoms with Gasteiger partial charge in [-0.2, -0.15) is 10.4 Å². The van der Waals surface area contributed by atoms with Crippen LogP contribution in [0.3, 0.4) is 0 Å². The van der Waals surface area contributed by atoms with Gasteiger partial charge in [-0.1, -0.05) is 19.8 Å². The molecule has 0 fully saturated rings. The summed E-state index contributed by atoms with van der Waals surface area (Å²) in [4.78, 5) is 4.72. The maximum Gasteiger partial charge on any atom is 0.410 e. The van der Waals surface area contributed by atoms with Crippen LogP contribution in [0.2, 0.25) is 0 Å². The standard InChI is InChI=1S/C26H25N8S/c1-5-18-12-19-6-7-23(34(19)29-15-18)22-13-21(30-17(2)14-27)20(16-28-22)24-31-32-25(35-24)33-10-8-26(3,4)9-11-33/h1,6-7,10,12-13,15-17H,8-9,11H2,2-4H3,(H,28,30)/q+1/t17-/m0/s1. The average Bonchev–Trinajstić information content (AvgIpc) is 3.51.